The second-order valence-electron chi connectivity index (χ2n) is 5.13. The first-order chi connectivity index (χ1) is 9.78. The van der Waals surface area contributed by atoms with Gasteiger partial charge in [-0.1, -0.05) is 18.6 Å². The summed E-state index contributed by atoms with van der Waals surface area (Å²) in [5, 5.41) is 0. The number of benzene rings is 1. The summed E-state index contributed by atoms with van der Waals surface area (Å²) < 4.78 is 0. The molecule has 1 heterocycles. The highest BCUT2D eigenvalue weighted by atomic mass is 32.2. The lowest BCUT2D eigenvalue weighted by Crippen LogP contribution is -2.18. The van der Waals surface area contributed by atoms with E-state index in [1.165, 1.54) is 11.3 Å². The molecule has 1 aliphatic rings. The Bertz CT molecular complexity index is 661. The normalized spacial score (nSPS) is 14.7. The van der Waals surface area contributed by atoms with Gasteiger partial charge >= 0.3 is 0 Å². The molecule has 4 heteroatoms. The Morgan fingerprint density at radius 1 is 1.10 bits per heavy atom. The van der Waals surface area contributed by atoms with Gasteiger partial charge in [-0.05, 0) is 44.1 Å². The lowest BCUT2D eigenvalue weighted by molar-refractivity contribution is 0.708. The van der Waals surface area contributed by atoms with Crippen molar-refractivity contribution in [1.29, 1.82) is 0 Å². The molecule has 1 aromatic heterocycles. The van der Waals surface area contributed by atoms with Gasteiger partial charge in [-0.3, -0.25) is 4.79 Å². The lowest BCUT2D eigenvalue weighted by atomic mass is 10.1. The summed E-state index contributed by atoms with van der Waals surface area (Å²) in [6.07, 6.45) is 7.26. The molecule has 3 rings (SSSR count). The predicted octanol–water partition coefficient (Wildman–Crippen LogP) is 3.43. The summed E-state index contributed by atoms with van der Waals surface area (Å²) in [5.41, 5.74) is 2.91. The highest BCUT2D eigenvalue weighted by Gasteiger charge is 2.14. The van der Waals surface area contributed by atoms with Crippen LogP contribution in [0, 0.1) is 0 Å². The van der Waals surface area contributed by atoms with Crippen molar-refractivity contribution in [1.82, 2.24) is 9.97 Å². The molecule has 0 atom stereocenters. The molecule has 0 saturated carbocycles. The molecule has 0 amide bonds. The molecule has 1 N–H and O–H groups in total. The molecule has 0 spiro atoms. The third-order valence-corrected chi connectivity index (χ3v) is 4.55. The van der Waals surface area contributed by atoms with Crippen molar-refractivity contribution in [3.8, 4) is 11.4 Å². The molecular formula is C16H18N2OS. The zero-order valence-electron chi connectivity index (χ0n) is 11.6. The van der Waals surface area contributed by atoms with E-state index in [1.807, 2.05) is 12.1 Å². The van der Waals surface area contributed by atoms with E-state index >= 15 is 0 Å². The number of aromatic amines is 1. The molecular weight excluding hydrogens is 268 g/mol. The number of aryl methyl sites for hydroxylation is 1. The van der Waals surface area contributed by atoms with Crippen LogP contribution in [0.4, 0.5) is 0 Å². The second kappa shape index (κ2) is 5.83. The van der Waals surface area contributed by atoms with Gasteiger partial charge in [-0.15, -0.1) is 11.8 Å². The summed E-state index contributed by atoms with van der Waals surface area (Å²) in [7, 11) is 0. The summed E-state index contributed by atoms with van der Waals surface area (Å²) in [6.45, 7) is 0. The van der Waals surface area contributed by atoms with Gasteiger partial charge in [0.25, 0.3) is 5.56 Å². The van der Waals surface area contributed by atoms with Crippen molar-refractivity contribution < 1.29 is 0 Å². The van der Waals surface area contributed by atoms with Crippen molar-refractivity contribution in [2.75, 3.05) is 6.26 Å². The SMILES string of the molecule is CSc1ccc(-c2nc3c(c(=O)[nH]2)CCCCC3)cc1. The number of hydrogen-bond donors (Lipinski definition) is 1. The van der Waals surface area contributed by atoms with E-state index in [4.69, 9.17) is 4.98 Å². The van der Waals surface area contributed by atoms with E-state index in [2.05, 4.69) is 23.4 Å². The molecule has 20 heavy (non-hydrogen) atoms. The maximum absolute atomic E-state index is 12.2. The number of fused-ring (bicyclic) bond motifs is 1. The minimum atomic E-state index is 0.0424. The fourth-order valence-electron chi connectivity index (χ4n) is 2.67. The van der Waals surface area contributed by atoms with Gasteiger partial charge in [0.2, 0.25) is 0 Å². The van der Waals surface area contributed by atoms with E-state index < -0.39 is 0 Å². The number of hydrogen-bond acceptors (Lipinski definition) is 3. The smallest absolute Gasteiger partial charge is 0.254 e. The molecule has 0 saturated heterocycles. The first-order valence-corrected chi connectivity index (χ1v) is 8.27. The van der Waals surface area contributed by atoms with E-state index in [0.717, 1.165) is 42.5 Å². The zero-order chi connectivity index (χ0) is 13.9. The Morgan fingerprint density at radius 3 is 2.60 bits per heavy atom. The van der Waals surface area contributed by atoms with Crippen LogP contribution in [0.25, 0.3) is 11.4 Å². The Hall–Kier alpha value is -1.55. The standard InChI is InChI=1S/C16H18N2OS/c1-20-12-9-7-11(8-10-12)15-17-14-6-4-2-3-5-13(14)16(19)18-15/h7-10H,2-6H2,1H3,(H,17,18,19). The summed E-state index contributed by atoms with van der Waals surface area (Å²) in [4.78, 5) is 21.1. The Morgan fingerprint density at radius 2 is 1.85 bits per heavy atom. The highest BCUT2D eigenvalue weighted by Crippen LogP contribution is 2.22. The van der Waals surface area contributed by atoms with Crippen LogP contribution < -0.4 is 5.56 Å². The third kappa shape index (κ3) is 2.66. The summed E-state index contributed by atoms with van der Waals surface area (Å²) >= 11 is 1.71. The number of aromatic nitrogens is 2. The number of nitrogens with one attached hydrogen (secondary N) is 1. The molecule has 1 aromatic carbocycles. The van der Waals surface area contributed by atoms with Crippen molar-refractivity contribution >= 4 is 11.8 Å². The average Bonchev–Trinajstić information content (AvgIpc) is 2.73. The van der Waals surface area contributed by atoms with Crippen LogP contribution in [0.15, 0.2) is 34.0 Å². The van der Waals surface area contributed by atoms with Crippen molar-refractivity contribution in [3.63, 3.8) is 0 Å². The van der Waals surface area contributed by atoms with E-state index in [1.54, 1.807) is 11.8 Å². The van der Waals surface area contributed by atoms with Gasteiger partial charge < -0.3 is 4.98 Å². The third-order valence-electron chi connectivity index (χ3n) is 3.80. The number of H-pyrrole nitrogens is 1. The molecule has 0 radical (unpaired) electrons. The Kier molecular flexibility index (Phi) is 3.92. The van der Waals surface area contributed by atoms with Crippen LogP contribution in [-0.2, 0) is 12.8 Å². The largest absolute Gasteiger partial charge is 0.306 e. The van der Waals surface area contributed by atoms with Crippen molar-refractivity contribution in [2.24, 2.45) is 0 Å². The first-order valence-electron chi connectivity index (χ1n) is 7.04. The first kappa shape index (κ1) is 13.4. The zero-order valence-corrected chi connectivity index (χ0v) is 12.4. The van der Waals surface area contributed by atoms with Gasteiger partial charge in [-0.2, -0.15) is 0 Å². The molecule has 3 nitrogen and oxygen atoms in total. The predicted molar refractivity (Wildman–Crippen MR) is 83.3 cm³/mol. The molecule has 0 unspecified atom stereocenters. The molecule has 2 aromatic rings. The Labute approximate surface area is 122 Å². The van der Waals surface area contributed by atoms with E-state index in [-0.39, 0.29) is 5.56 Å². The number of rotatable bonds is 2. The van der Waals surface area contributed by atoms with Gasteiger partial charge in [-0.25, -0.2) is 4.98 Å². The molecule has 104 valence electrons. The van der Waals surface area contributed by atoms with Crippen molar-refractivity contribution in [3.05, 3.63) is 45.9 Å². The molecule has 0 aliphatic heterocycles. The highest BCUT2D eigenvalue weighted by molar-refractivity contribution is 7.98. The maximum Gasteiger partial charge on any atom is 0.254 e. The van der Waals surface area contributed by atoms with Gasteiger partial charge in [0.05, 0.1) is 5.69 Å². The summed E-state index contributed by atoms with van der Waals surface area (Å²) in [6, 6.07) is 8.16. The minimum absolute atomic E-state index is 0.0424. The lowest BCUT2D eigenvalue weighted by Gasteiger charge is -2.08. The second-order valence-corrected chi connectivity index (χ2v) is 6.01. The van der Waals surface area contributed by atoms with Crippen LogP contribution in [-0.4, -0.2) is 16.2 Å². The topological polar surface area (TPSA) is 45.8 Å². The average molecular weight is 286 g/mol. The van der Waals surface area contributed by atoms with Crippen LogP contribution >= 0.6 is 11.8 Å². The maximum atomic E-state index is 12.2. The monoisotopic (exact) mass is 286 g/mol. The van der Waals surface area contributed by atoms with Crippen molar-refractivity contribution in [2.45, 2.75) is 37.0 Å². The minimum Gasteiger partial charge on any atom is -0.306 e. The number of nitrogens with zero attached hydrogens (tertiary/aromatic N) is 1. The van der Waals surface area contributed by atoms with Crippen LogP contribution in [0.5, 0.6) is 0 Å². The van der Waals surface area contributed by atoms with Gasteiger partial charge in [0.15, 0.2) is 0 Å². The van der Waals surface area contributed by atoms with Gasteiger partial charge in [0, 0.05) is 16.0 Å². The molecule has 0 fully saturated rings. The fraction of sp³-hybridized carbons (Fsp3) is 0.375. The quantitative estimate of drug-likeness (QED) is 0.679. The summed E-state index contributed by atoms with van der Waals surface area (Å²) in [5.74, 6) is 0.698. The van der Waals surface area contributed by atoms with Crippen LogP contribution in [0.2, 0.25) is 0 Å². The van der Waals surface area contributed by atoms with E-state index in [9.17, 15) is 4.79 Å². The number of thioether (sulfide) groups is 1. The van der Waals surface area contributed by atoms with E-state index in [0.29, 0.717) is 5.82 Å². The van der Waals surface area contributed by atoms with Gasteiger partial charge in [0.1, 0.15) is 5.82 Å². The Balaban J connectivity index is 2.03. The molecule has 0 bridgehead atoms. The van der Waals surface area contributed by atoms with Crippen LogP contribution in [0.1, 0.15) is 30.5 Å². The molecule has 1 aliphatic carbocycles. The fourth-order valence-corrected chi connectivity index (χ4v) is 3.07. The van der Waals surface area contributed by atoms with Crippen LogP contribution in [0.3, 0.4) is 0 Å².